The smallest absolute Gasteiger partial charge is 0.367 e. The molecule has 0 bridgehead atoms. The van der Waals surface area contributed by atoms with E-state index in [2.05, 4.69) is 30.4 Å². The summed E-state index contributed by atoms with van der Waals surface area (Å²) in [6.07, 6.45) is -1.93. The number of nitrogens with zero attached hydrogens (tertiary/aromatic N) is 5. The van der Waals surface area contributed by atoms with Gasteiger partial charge in [-0.15, -0.1) is 10.2 Å². The second kappa shape index (κ2) is 6.03. The highest BCUT2D eigenvalue weighted by molar-refractivity contribution is 7.13. The highest BCUT2D eigenvalue weighted by Crippen LogP contribution is 2.29. The molecule has 1 aliphatic rings. The highest BCUT2D eigenvalue weighted by Gasteiger charge is 2.33. The molecule has 3 rings (SSSR count). The van der Waals surface area contributed by atoms with Crippen molar-refractivity contribution in [2.45, 2.75) is 25.1 Å². The van der Waals surface area contributed by atoms with Gasteiger partial charge in [0.2, 0.25) is 5.13 Å². The molecule has 10 heteroatoms. The Balaban J connectivity index is 1.59. The monoisotopic (exact) mass is 330 g/mol. The van der Waals surface area contributed by atoms with E-state index in [1.165, 1.54) is 11.3 Å². The van der Waals surface area contributed by atoms with Gasteiger partial charge in [0.1, 0.15) is 23.3 Å². The van der Waals surface area contributed by atoms with Crippen molar-refractivity contribution in [3.63, 3.8) is 0 Å². The summed E-state index contributed by atoms with van der Waals surface area (Å²) in [7, 11) is 0. The minimum Gasteiger partial charge on any atom is -0.367 e. The van der Waals surface area contributed by atoms with E-state index in [0.717, 1.165) is 43.5 Å². The van der Waals surface area contributed by atoms with Crippen LogP contribution in [0.25, 0.3) is 0 Å². The van der Waals surface area contributed by atoms with E-state index >= 15 is 0 Å². The van der Waals surface area contributed by atoms with Crippen molar-refractivity contribution in [2.24, 2.45) is 0 Å². The minimum absolute atomic E-state index is 0.0835. The lowest BCUT2D eigenvalue weighted by molar-refractivity contribution is -0.141. The van der Waals surface area contributed by atoms with Crippen molar-refractivity contribution in [1.82, 2.24) is 20.2 Å². The second-order valence-electron chi connectivity index (χ2n) is 4.91. The molecule has 0 spiro atoms. The SMILES string of the molecule is FC(F)(F)c1cc(NC2CCN(c3nncs3)CC2)ncn1. The fraction of sp³-hybridized carbons (Fsp3) is 0.500. The summed E-state index contributed by atoms with van der Waals surface area (Å²) in [6, 6.07) is 1.03. The Labute approximate surface area is 128 Å². The third-order valence-corrected chi connectivity index (χ3v) is 4.17. The van der Waals surface area contributed by atoms with E-state index in [1.807, 2.05) is 0 Å². The molecule has 0 unspecified atom stereocenters. The van der Waals surface area contributed by atoms with Gasteiger partial charge in [-0.2, -0.15) is 13.2 Å². The molecule has 3 heterocycles. The van der Waals surface area contributed by atoms with Crippen molar-refractivity contribution >= 4 is 22.3 Å². The van der Waals surface area contributed by atoms with Crippen LogP contribution in [0.4, 0.5) is 24.1 Å². The number of aromatic nitrogens is 4. The van der Waals surface area contributed by atoms with Gasteiger partial charge in [-0.25, -0.2) is 9.97 Å². The quantitative estimate of drug-likeness (QED) is 0.932. The minimum atomic E-state index is -4.46. The number of hydrogen-bond acceptors (Lipinski definition) is 7. The maximum atomic E-state index is 12.6. The third-order valence-electron chi connectivity index (χ3n) is 3.42. The summed E-state index contributed by atoms with van der Waals surface area (Å²) >= 11 is 1.48. The van der Waals surface area contributed by atoms with Crippen LogP contribution in [0.5, 0.6) is 0 Å². The molecular formula is C12H13F3N6S. The first kappa shape index (κ1) is 14.9. The van der Waals surface area contributed by atoms with Gasteiger partial charge < -0.3 is 10.2 Å². The number of nitrogens with one attached hydrogen (secondary N) is 1. The van der Waals surface area contributed by atoms with E-state index < -0.39 is 11.9 Å². The zero-order chi connectivity index (χ0) is 15.6. The lowest BCUT2D eigenvalue weighted by Crippen LogP contribution is -2.39. The summed E-state index contributed by atoms with van der Waals surface area (Å²) in [5.74, 6) is 0.205. The van der Waals surface area contributed by atoms with Gasteiger partial charge in [0, 0.05) is 25.2 Å². The van der Waals surface area contributed by atoms with E-state index in [9.17, 15) is 13.2 Å². The summed E-state index contributed by atoms with van der Waals surface area (Å²) in [4.78, 5) is 9.23. The fourth-order valence-corrected chi connectivity index (χ4v) is 2.94. The normalized spacial score (nSPS) is 16.8. The fourth-order valence-electron chi connectivity index (χ4n) is 2.32. The Bertz CT molecular complexity index is 610. The first-order chi connectivity index (χ1) is 10.5. The summed E-state index contributed by atoms with van der Waals surface area (Å²) in [5.41, 5.74) is 0.746. The van der Waals surface area contributed by atoms with Gasteiger partial charge in [0.05, 0.1) is 0 Å². The standard InChI is InChI=1S/C12H13F3N6S/c13-12(14,15)9-5-10(17-6-16-9)19-8-1-3-21(4-2-8)11-20-18-7-22-11/h5-8H,1-4H2,(H,16,17,19). The summed E-state index contributed by atoms with van der Waals surface area (Å²) < 4.78 is 37.9. The molecule has 6 nitrogen and oxygen atoms in total. The molecule has 0 aromatic carbocycles. The van der Waals surface area contributed by atoms with Crippen LogP contribution in [0.3, 0.4) is 0 Å². The Morgan fingerprint density at radius 1 is 1.23 bits per heavy atom. The number of alkyl halides is 3. The molecule has 1 fully saturated rings. The summed E-state index contributed by atoms with van der Waals surface area (Å²) in [5, 5.41) is 11.7. The van der Waals surface area contributed by atoms with Gasteiger partial charge in [-0.3, -0.25) is 0 Å². The molecule has 118 valence electrons. The van der Waals surface area contributed by atoms with Crippen molar-refractivity contribution in [3.05, 3.63) is 23.6 Å². The average molecular weight is 330 g/mol. The predicted octanol–water partition coefficient (Wildman–Crippen LogP) is 2.43. The van der Waals surface area contributed by atoms with Crippen LogP contribution in [0, 0.1) is 0 Å². The molecule has 2 aromatic heterocycles. The Hall–Kier alpha value is -1.97. The Morgan fingerprint density at radius 2 is 2.00 bits per heavy atom. The van der Waals surface area contributed by atoms with Gasteiger partial charge in [-0.1, -0.05) is 11.3 Å². The first-order valence-electron chi connectivity index (χ1n) is 6.69. The van der Waals surface area contributed by atoms with Gasteiger partial charge in [0.15, 0.2) is 0 Å². The largest absolute Gasteiger partial charge is 0.433 e. The van der Waals surface area contributed by atoms with Crippen molar-refractivity contribution in [1.29, 1.82) is 0 Å². The lowest BCUT2D eigenvalue weighted by Gasteiger charge is -2.32. The maximum Gasteiger partial charge on any atom is 0.433 e. The van der Waals surface area contributed by atoms with Crippen LogP contribution >= 0.6 is 11.3 Å². The maximum absolute atomic E-state index is 12.6. The van der Waals surface area contributed by atoms with Crippen LogP contribution in [0.15, 0.2) is 17.9 Å². The number of rotatable bonds is 3. The molecule has 1 aliphatic heterocycles. The van der Waals surface area contributed by atoms with Gasteiger partial charge in [0.25, 0.3) is 0 Å². The lowest BCUT2D eigenvalue weighted by atomic mass is 10.1. The molecule has 22 heavy (non-hydrogen) atoms. The van der Waals surface area contributed by atoms with Crippen molar-refractivity contribution < 1.29 is 13.2 Å². The number of hydrogen-bond donors (Lipinski definition) is 1. The van der Waals surface area contributed by atoms with Crippen LogP contribution in [-0.4, -0.2) is 39.3 Å². The molecule has 0 radical (unpaired) electrons. The van der Waals surface area contributed by atoms with Crippen LogP contribution in [-0.2, 0) is 6.18 Å². The number of piperidine rings is 1. The summed E-state index contributed by atoms with van der Waals surface area (Å²) in [6.45, 7) is 1.56. The van der Waals surface area contributed by atoms with Gasteiger partial charge in [-0.05, 0) is 12.8 Å². The predicted molar refractivity (Wildman–Crippen MR) is 75.8 cm³/mol. The number of anilines is 2. The van der Waals surface area contributed by atoms with E-state index in [0.29, 0.717) is 0 Å². The van der Waals surface area contributed by atoms with Crippen molar-refractivity contribution in [2.75, 3.05) is 23.3 Å². The Morgan fingerprint density at radius 3 is 2.64 bits per heavy atom. The molecular weight excluding hydrogens is 317 g/mol. The zero-order valence-corrected chi connectivity index (χ0v) is 12.2. The topological polar surface area (TPSA) is 66.8 Å². The molecule has 0 amide bonds. The second-order valence-corrected chi connectivity index (χ2v) is 5.72. The van der Waals surface area contributed by atoms with Gasteiger partial charge >= 0.3 is 6.18 Å². The van der Waals surface area contributed by atoms with Crippen LogP contribution < -0.4 is 10.2 Å². The van der Waals surface area contributed by atoms with E-state index in [-0.39, 0.29) is 11.9 Å². The molecule has 0 saturated carbocycles. The van der Waals surface area contributed by atoms with Crippen LogP contribution in [0.1, 0.15) is 18.5 Å². The molecule has 0 atom stereocenters. The van der Waals surface area contributed by atoms with E-state index in [1.54, 1.807) is 5.51 Å². The molecule has 2 aromatic rings. The van der Waals surface area contributed by atoms with E-state index in [4.69, 9.17) is 0 Å². The molecule has 1 N–H and O–H groups in total. The first-order valence-corrected chi connectivity index (χ1v) is 7.57. The third kappa shape index (κ3) is 3.43. The van der Waals surface area contributed by atoms with Crippen LogP contribution in [0.2, 0.25) is 0 Å². The Kier molecular flexibility index (Phi) is 4.10. The highest BCUT2D eigenvalue weighted by atomic mass is 32.1. The average Bonchev–Trinajstić information content (AvgIpc) is 3.02. The molecule has 1 saturated heterocycles. The molecule has 0 aliphatic carbocycles. The number of halogens is 3. The zero-order valence-electron chi connectivity index (χ0n) is 11.4. The van der Waals surface area contributed by atoms with Crippen molar-refractivity contribution in [3.8, 4) is 0 Å².